The van der Waals surface area contributed by atoms with Crippen molar-refractivity contribution in [3.8, 4) is 12.3 Å². The summed E-state index contributed by atoms with van der Waals surface area (Å²) in [6.45, 7) is 6.61. The van der Waals surface area contributed by atoms with Gasteiger partial charge in [0.25, 0.3) is 0 Å². The van der Waals surface area contributed by atoms with Gasteiger partial charge in [0.15, 0.2) is 0 Å². The van der Waals surface area contributed by atoms with Crippen LogP contribution < -0.4 is 0 Å². The van der Waals surface area contributed by atoms with Gasteiger partial charge in [-0.2, -0.15) is 0 Å². The number of rotatable bonds is 4. The zero-order chi connectivity index (χ0) is 7.98. The van der Waals surface area contributed by atoms with E-state index in [1.54, 1.807) is 0 Å². The fourth-order valence-electron chi connectivity index (χ4n) is 1.28. The number of hydrogen-bond donors (Lipinski definition) is 0. The van der Waals surface area contributed by atoms with E-state index in [0.717, 1.165) is 5.92 Å². The van der Waals surface area contributed by atoms with E-state index in [9.17, 15) is 0 Å². The molecule has 2 atom stereocenters. The summed E-state index contributed by atoms with van der Waals surface area (Å²) in [5.41, 5.74) is 0. The van der Waals surface area contributed by atoms with Gasteiger partial charge in [0, 0.05) is 5.92 Å². The van der Waals surface area contributed by atoms with E-state index in [1.807, 2.05) is 0 Å². The monoisotopic (exact) mass is 138 g/mol. The van der Waals surface area contributed by atoms with Crippen LogP contribution in [0.5, 0.6) is 0 Å². The van der Waals surface area contributed by atoms with Gasteiger partial charge >= 0.3 is 0 Å². The van der Waals surface area contributed by atoms with Gasteiger partial charge in [-0.15, -0.1) is 12.3 Å². The molecule has 0 heteroatoms. The predicted molar refractivity (Wildman–Crippen MR) is 46.7 cm³/mol. The Morgan fingerprint density at radius 2 is 2.00 bits per heavy atom. The van der Waals surface area contributed by atoms with Gasteiger partial charge in [-0.05, 0) is 12.3 Å². The second kappa shape index (κ2) is 5.35. The van der Waals surface area contributed by atoms with Gasteiger partial charge in [0.2, 0.25) is 0 Å². The van der Waals surface area contributed by atoms with Crippen LogP contribution in [-0.2, 0) is 0 Å². The zero-order valence-electron chi connectivity index (χ0n) is 7.35. The third-order valence-electron chi connectivity index (χ3n) is 1.82. The average Bonchev–Trinajstić information content (AvgIpc) is 1.88. The molecule has 0 rings (SSSR count). The molecule has 0 aliphatic rings. The van der Waals surface area contributed by atoms with Gasteiger partial charge in [-0.3, -0.25) is 0 Å². The summed E-state index contributed by atoms with van der Waals surface area (Å²) in [4.78, 5) is 0. The SMILES string of the molecule is C#CC(C)CC(C)CCC. The molecule has 0 nitrogen and oxygen atoms in total. The van der Waals surface area contributed by atoms with Crippen LogP contribution >= 0.6 is 0 Å². The molecule has 0 N–H and O–H groups in total. The van der Waals surface area contributed by atoms with Crippen molar-refractivity contribution in [2.45, 2.75) is 40.0 Å². The van der Waals surface area contributed by atoms with Crippen LogP contribution in [0.2, 0.25) is 0 Å². The molecule has 0 saturated carbocycles. The number of terminal acetylenes is 1. The summed E-state index contributed by atoms with van der Waals surface area (Å²) in [7, 11) is 0. The van der Waals surface area contributed by atoms with Crippen molar-refractivity contribution >= 4 is 0 Å². The lowest BCUT2D eigenvalue weighted by Crippen LogP contribution is -2.00. The highest BCUT2D eigenvalue weighted by Gasteiger charge is 2.04. The van der Waals surface area contributed by atoms with Crippen molar-refractivity contribution < 1.29 is 0 Å². The van der Waals surface area contributed by atoms with Crippen molar-refractivity contribution in [3.63, 3.8) is 0 Å². The van der Waals surface area contributed by atoms with Gasteiger partial charge in [-0.25, -0.2) is 0 Å². The normalized spacial score (nSPS) is 15.8. The fourth-order valence-corrected chi connectivity index (χ4v) is 1.28. The Kier molecular flexibility index (Phi) is 5.12. The minimum Gasteiger partial charge on any atom is -0.120 e. The molecule has 0 aliphatic carbocycles. The van der Waals surface area contributed by atoms with Crippen molar-refractivity contribution in [2.75, 3.05) is 0 Å². The summed E-state index contributed by atoms with van der Waals surface area (Å²) in [5.74, 6) is 4.02. The Morgan fingerprint density at radius 1 is 1.40 bits per heavy atom. The van der Waals surface area contributed by atoms with E-state index in [1.165, 1.54) is 19.3 Å². The maximum absolute atomic E-state index is 5.27. The lowest BCUT2D eigenvalue weighted by atomic mass is 9.94. The molecule has 0 heterocycles. The first kappa shape index (κ1) is 9.56. The third kappa shape index (κ3) is 4.44. The maximum Gasteiger partial charge on any atom is 0.0174 e. The molecule has 0 aliphatic heterocycles. The smallest absolute Gasteiger partial charge is 0.0174 e. The molecule has 0 amide bonds. The van der Waals surface area contributed by atoms with Crippen molar-refractivity contribution in [1.29, 1.82) is 0 Å². The molecule has 0 spiro atoms. The summed E-state index contributed by atoms with van der Waals surface area (Å²) in [5, 5.41) is 0. The maximum atomic E-state index is 5.27. The highest BCUT2D eigenvalue weighted by Crippen LogP contribution is 2.15. The fraction of sp³-hybridized carbons (Fsp3) is 0.800. The molecule has 0 bridgehead atoms. The van der Waals surface area contributed by atoms with E-state index in [4.69, 9.17) is 6.42 Å². The first-order valence-electron chi connectivity index (χ1n) is 4.16. The van der Waals surface area contributed by atoms with E-state index in [2.05, 4.69) is 26.7 Å². The second-order valence-electron chi connectivity index (χ2n) is 3.20. The second-order valence-corrected chi connectivity index (χ2v) is 3.20. The molecule has 0 aromatic rings. The highest BCUT2D eigenvalue weighted by atomic mass is 14.1. The minimum atomic E-state index is 0.460. The standard InChI is InChI=1S/C10H18/c1-5-7-10(4)8-9(3)6-2/h2,9-10H,5,7-8H2,1,3-4H3. The van der Waals surface area contributed by atoms with Gasteiger partial charge in [0.1, 0.15) is 0 Å². The largest absolute Gasteiger partial charge is 0.120 e. The lowest BCUT2D eigenvalue weighted by Gasteiger charge is -2.11. The molecule has 0 radical (unpaired) electrons. The summed E-state index contributed by atoms with van der Waals surface area (Å²) in [6.07, 6.45) is 9.04. The van der Waals surface area contributed by atoms with Crippen LogP contribution in [-0.4, -0.2) is 0 Å². The molecule has 10 heavy (non-hydrogen) atoms. The quantitative estimate of drug-likeness (QED) is 0.524. The van der Waals surface area contributed by atoms with Crippen LogP contribution in [0.3, 0.4) is 0 Å². The minimum absolute atomic E-state index is 0.460. The van der Waals surface area contributed by atoms with Crippen LogP contribution in [0.1, 0.15) is 40.0 Å². The van der Waals surface area contributed by atoms with Crippen molar-refractivity contribution in [1.82, 2.24) is 0 Å². The first-order chi connectivity index (χ1) is 4.70. The Balaban J connectivity index is 3.39. The number of hydrogen-bond acceptors (Lipinski definition) is 0. The molecule has 2 unspecified atom stereocenters. The van der Waals surface area contributed by atoms with Crippen LogP contribution in [0, 0.1) is 24.2 Å². The third-order valence-corrected chi connectivity index (χ3v) is 1.82. The molecular weight excluding hydrogens is 120 g/mol. The Labute approximate surface area is 65.0 Å². The summed E-state index contributed by atoms with van der Waals surface area (Å²) in [6, 6.07) is 0. The van der Waals surface area contributed by atoms with Crippen LogP contribution in [0.25, 0.3) is 0 Å². The molecule has 0 aromatic carbocycles. The van der Waals surface area contributed by atoms with E-state index < -0.39 is 0 Å². The molecule has 0 fully saturated rings. The molecule has 58 valence electrons. The van der Waals surface area contributed by atoms with E-state index >= 15 is 0 Å². The Bertz CT molecular complexity index is 108. The molecule has 0 saturated heterocycles. The van der Waals surface area contributed by atoms with Crippen LogP contribution in [0.15, 0.2) is 0 Å². The van der Waals surface area contributed by atoms with Gasteiger partial charge in [-0.1, -0.05) is 33.6 Å². The molecule has 0 aromatic heterocycles. The molecular formula is C10H18. The Hall–Kier alpha value is -0.440. The highest BCUT2D eigenvalue weighted by molar-refractivity contribution is 4.90. The summed E-state index contributed by atoms with van der Waals surface area (Å²) < 4.78 is 0. The van der Waals surface area contributed by atoms with Crippen molar-refractivity contribution in [3.05, 3.63) is 0 Å². The van der Waals surface area contributed by atoms with Crippen LogP contribution in [0.4, 0.5) is 0 Å². The first-order valence-corrected chi connectivity index (χ1v) is 4.16. The van der Waals surface area contributed by atoms with E-state index in [0.29, 0.717) is 5.92 Å². The van der Waals surface area contributed by atoms with E-state index in [-0.39, 0.29) is 0 Å². The van der Waals surface area contributed by atoms with Gasteiger partial charge < -0.3 is 0 Å². The Morgan fingerprint density at radius 3 is 2.40 bits per heavy atom. The zero-order valence-corrected chi connectivity index (χ0v) is 7.35. The summed E-state index contributed by atoms with van der Waals surface area (Å²) >= 11 is 0. The average molecular weight is 138 g/mol. The topological polar surface area (TPSA) is 0 Å². The lowest BCUT2D eigenvalue weighted by molar-refractivity contribution is 0.441. The predicted octanol–water partition coefficient (Wildman–Crippen LogP) is 3.08. The van der Waals surface area contributed by atoms with Crippen molar-refractivity contribution in [2.24, 2.45) is 11.8 Å². The van der Waals surface area contributed by atoms with Gasteiger partial charge in [0.05, 0.1) is 0 Å².